The zero-order chi connectivity index (χ0) is 18.0. The molecule has 0 spiro atoms. The highest BCUT2D eigenvalue weighted by atomic mass is 32.2. The molecule has 0 aliphatic carbocycles. The molecule has 1 aromatic heterocycles. The second-order valence-electron chi connectivity index (χ2n) is 6.33. The van der Waals surface area contributed by atoms with Gasteiger partial charge in [-0.3, -0.25) is 4.68 Å². The third-order valence-electron chi connectivity index (χ3n) is 4.24. The van der Waals surface area contributed by atoms with Crippen molar-refractivity contribution in [3.8, 4) is 0 Å². The van der Waals surface area contributed by atoms with E-state index in [-0.39, 0.29) is 25.4 Å². The molecule has 0 unspecified atom stereocenters. The molecule has 1 aliphatic heterocycles. The van der Waals surface area contributed by atoms with Crippen LogP contribution < -0.4 is 0 Å². The van der Waals surface area contributed by atoms with Crippen LogP contribution in [-0.2, 0) is 21.3 Å². The van der Waals surface area contributed by atoms with Crippen molar-refractivity contribution in [2.75, 3.05) is 19.7 Å². The van der Waals surface area contributed by atoms with Crippen molar-refractivity contribution >= 4 is 10.0 Å². The van der Waals surface area contributed by atoms with Gasteiger partial charge in [-0.25, -0.2) is 8.42 Å². The molecular weight excluding hydrogens is 342 g/mol. The fourth-order valence-corrected chi connectivity index (χ4v) is 4.44. The van der Waals surface area contributed by atoms with Crippen molar-refractivity contribution in [3.63, 3.8) is 0 Å². The van der Waals surface area contributed by atoms with Gasteiger partial charge in [0.2, 0.25) is 10.0 Å². The van der Waals surface area contributed by atoms with Crippen LogP contribution in [0.5, 0.6) is 0 Å². The molecule has 7 nitrogen and oxygen atoms in total. The molecule has 2 aromatic rings. The van der Waals surface area contributed by atoms with Gasteiger partial charge in [0.15, 0.2) is 0 Å². The van der Waals surface area contributed by atoms with Gasteiger partial charge in [-0.05, 0) is 26.0 Å². The molecule has 3 rings (SSSR count). The van der Waals surface area contributed by atoms with Gasteiger partial charge in [-0.1, -0.05) is 17.7 Å². The molecule has 0 amide bonds. The Hall–Kier alpha value is -1.74. The van der Waals surface area contributed by atoms with Crippen LogP contribution in [0, 0.1) is 6.92 Å². The van der Waals surface area contributed by atoms with E-state index in [1.54, 1.807) is 41.3 Å². The van der Waals surface area contributed by atoms with Crippen LogP contribution in [0.25, 0.3) is 0 Å². The number of morpholine rings is 1. The maximum atomic E-state index is 12.9. The fraction of sp³-hybridized carbons (Fsp3) is 0.471. The summed E-state index contributed by atoms with van der Waals surface area (Å²) in [6.45, 7) is 4.74. The van der Waals surface area contributed by atoms with E-state index in [9.17, 15) is 8.42 Å². The molecule has 25 heavy (non-hydrogen) atoms. The van der Waals surface area contributed by atoms with Crippen molar-refractivity contribution in [1.29, 1.82) is 0 Å². The van der Waals surface area contributed by atoms with Gasteiger partial charge in [0.1, 0.15) is 0 Å². The lowest BCUT2D eigenvalue weighted by atomic mass is 10.1. The number of benzene rings is 1. The van der Waals surface area contributed by atoms with Crippen LogP contribution in [-0.4, -0.2) is 53.4 Å². The number of hydrogen-bond donors (Lipinski definition) is 1. The Labute approximate surface area is 147 Å². The first kappa shape index (κ1) is 18.1. The van der Waals surface area contributed by atoms with E-state index in [1.165, 1.54) is 4.31 Å². The lowest BCUT2D eigenvalue weighted by Gasteiger charge is -2.35. The molecule has 2 atom stereocenters. The van der Waals surface area contributed by atoms with Gasteiger partial charge in [-0.2, -0.15) is 9.40 Å². The average molecular weight is 365 g/mol. The summed E-state index contributed by atoms with van der Waals surface area (Å²) < 4.78 is 34.9. The Bertz CT molecular complexity index is 817. The molecule has 1 aliphatic rings. The summed E-state index contributed by atoms with van der Waals surface area (Å²) in [4.78, 5) is 0.293. The monoisotopic (exact) mass is 365 g/mol. The van der Waals surface area contributed by atoms with Crippen molar-refractivity contribution in [2.24, 2.45) is 0 Å². The first-order valence-corrected chi connectivity index (χ1v) is 9.69. The van der Waals surface area contributed by atoms with Crippen molar-refractivity contribution in [1.82, 2.24) is 14.1 Å². The van der Waals surface area contributed by atoms with Crippen LogP contribution in [0.3, 0.4) is 0 Å². The minimum absolute atomic E-state index is 0.00300. The summed E-state index contributed by atoms with van der Waals surface area (Å²) >= 11 is 0. The molecule has 1 fully saturated rings. The predicted octanol–water partition coefficient (Wildman–Crippen LogP) is 1.33. The number of hydrogen-bond acceptors (Lipinski definition) is 5. The molecule has 0 bridgehead atoms. The molecule has 1 N–H and O–H groups in total. The normalized spacial score (nSPS) is 22.2. The molecule has 8 heteroatoms. The van der Waals surface area contributed by atoms with Gasteiger partial charge >= 0.3 is 0 Å². The molecule has 1 aromatic carbocycles. The molecule has 0 saturated carbocycles. The lowest BCUT2D eigenvalue weighted by molar-refractivity contribution is -0.0557. The van der Waals surface area contributed by atoms with E-state index >= 15 is 0 Å². The standard InChI is InChI=1S/C17H23N3O4S/c1-13-3-5-16(6-4-13)25(22,23)20-10-14(2)24-17(12-20)15-9-18-19(11-15)7-8-21/h3-6,9,11,14,17,21H,7-8,10,12H2,1-2H3/t14-,17-/m1/s1. The van der Waals surface area contributed by atoms with Gasteiger partial charge in [-0.15, -0.1) is 0 Å². The smallest absolute Gasteiger partial charge is 0.243 e. The lowest BCUT2D eigenvalue weighted by Crippen LogP contribution is -2.45. The summed E-state index contributed by atoms with van der Waals surface area (Å²) in [6.07, 6.45) is 2.85. The van der Waals surface area contributed by atoms with Gasteiger partial charge < -0.3 is 9.84 Å². The number of ether oxygens (including phenoxy) is 1. The van der Waals surface area contributed by atoms with Crippen LogP contribution in [0.4, 0.5) is 0 Å². The third kappa shape index (κ3) is 3.92. The number of aromatic nitrogens is 2. The number of sulfonamides is 1. The molecule has 2 heterocycles. The van der Waals surface area contributed by atoms with E-state index in [1.807, 2.05) is 13.8 Å². The second kappa shape index (κ2) is 7.25. The summed E-state index contributed by atoms with van der Waals surface area (Å²) in [7, 11) is -3.57. The Kier molecular flexibility index (Phi) is 5.24. The Balaban J connectivity index is 1.83. The maximum Gasteiger partial charge on any atom is 0.243 e. The van der Waals surface area contributed by atoms with Gasteiger partial charge in [0.05, 0.1) is 36.5 Å². The Morgan fingerprint density at radius 3 is 2.68 bits per heavy atom. The summed E-state index contributed by atoms with van der Waals surface area (Å²) in [5.41, 5.74) is 1.83. The topological polar surface area (TPSA) is 84.7 Å². The average Bonchev–Trinajstić information content (AvgIpc) is 3.04. The molecular formula is C17H23N3O4S. The van der Waals surface area contributed by atoms with Crippen LogP contribution in [0.15, 0.2) is 41.6 Å². The summed E-state index contributed by atoms with van der Waals surface area (Å²) in [6, 6.07) is 6.87. The van der Waals surface area contributed by atoms with E-state index in [0.717, 1.165) is 11.1 Å². The van der Waals surface area contributed by atoms with Crippen LogP contribution >= 0.6 is 0 Å². The highest BCUT2D eigenvalue weighted by Crippen LogP contribution is 2.29. The molecule has 0 radical (unpaired) electrons. The van der Waals surface area contributed by atoms with E-state index < -0.39 is 10.0 Å². The number of aliphatic hydroxyl groups is 1. The number of aliphatic hydroxyl groups excluding tert-OH is 1. The first-order valence-electron chi connectivity index (χ1n) is 8.25. The maximum absolute atomic E-state index is 12.9. The first-order chi connectivity index (χ1) is 11.9. The van der Waals surface area contributed by atoms with Crippen molar-refractivity contribution in [3.05, 3.63) is 47.8 Å². The highest BCUT2D eigenvalue weighted by Gasteiger charge is 2.35. The minimum Gasteiger partial charge on any atom is -0.394 e. The fourth-order valence-electron chi connectivity index (χ4n) is 2.92. The van der Waals surface area contributed by atoms with Crippen molar-refractivity contribution < 1.29 is 18.3 Å². The van der Waals surface area contributed by atoms with Crippen LogP contribution in [0.2, 0.25) is 0 Å². The van der Waals surface area contributed by atoms with Gasteiger partial charge in [0.25, 0.3) is 0 Å². The Morgan fingerprint density at radius 2 is 2.00 bits per heavy atom. The number of aryl methyl sites for hydroxylation is 1. The van der Waals surface area contributed by atoms with Crippen LogP contribution in [0.1, 0.15) is 24.2 Å². The van der Waals surface area contributed by atoms with Crippen molar-refractivity contribution in [2.45, 2.75) is 37.5 Å². The summed E-state index contributed by atoms with van der Waals surface area (Å²) in [5.74, 6) is 0. The largest absolute Gasteiger partial charge is 0.394 e. The van der Waals surface area contributed by atoms with E-state index in [0.29, 0.717) is 18.0 Å². The Morgan fingerprint density at radius 1 is 1.28 bits per heavy atom. The summed E-state index contributed by atoms with van der Waals surface area (Å²) in [5, 5.41) is 13.2. The zero-order valence-corrected chi connectivity index (χ0v) is 15.2. The highest BCUT2D eigenvalue weighted by molar-refractivity contribution is 7.89. The predicted molar refractivity (Wildman–Crippen MR) is 92.5 cm³/mol. The van der Waals surface area contributed by atoms with E-state index in [4.69, 9.17) is 9.84 Å². The quantitative estimate of drug-likeness (QED) is 0.864. The number of nitrogens with zero attached hydrogens (tertiary/aromatic N) is 3. The van der Waals surface area contributed by atoms with Gasteiger partial charge in [0, 0.05) is 24.8 Å². The molecule has 136 valence electrons. The second-order valence-corrected chi connectivity index (χ2v) is 8.27. The zero-order valence-electron chi connectivity index (χ0n) is 14.4. The minimum atomic E-state index is -3.57. The molecule has 1 saturated heterocycles. The third-order valence-corrected chi connectivity index (χ3v) is 6.09. The van der Waals surface area contributed by atoms with E-state index in [2.05, 4.69) is 5.10 Å². The number of rotatable bonds is 5. The SMILES string of the molecule is Cc1ccc(S(=O)(=O)N2C[C@@H](C)O[C@@H](c3cnn(CCO)c3)C2)cc1.